The second kappa shape index (κ2) is 11.4. The third kappa shape index (κ3) is 5.94. The Balaban J connectivity index is 1.73. The molecule has 2 aromatic rings. The van der Waals surface area contributed by atoms with Gasteiger partial charge in [-0.1, -0.05) is 19.9 Å². The van der Waals surface area contributed by atoms with Gasteiger partial charge < -0.3 is 19.5 Å². The third-order valence-electron chi connectivity index (χ3n) is 5.17. The molecule has 0 bridgehead atoms. The molecule has 1 unspecified atom stereocenters. The van der Waals surface area contributed by atoms with Crippen LogP contribution in [0.5, 0.6) is 17.2 Å². The van der Waals surface area contributed by atoms with Crippen LogP contribution < -0.4 is 24.4 Å². The smallest absolute Gasteiger partial charge is 0.271 e. The molecular weight excluding hydrogens is 442 g/mol. The van der Waals surface area contributed by atoms with E-state index in [2.05, 4.69) is 5.32 Å². The molecule has 1 atom stereocenters. The number of hydrogen-bond donors (Lipinski definition) is 1. The van der Waals surface area contributed by atoms with Crippen molar-refractivity contribution in [2.75, 3.05) is 31.3 Å². The van der Waals surface area contributed by atoms with Crippen LogP contribution in [0.3, 0.4) is 0 Å². The Hall–Kier alpha value is -3.82. The molecule has 1 N–H and O–H groups in total. The molecule has 0 saturated carbocycles. The Morgan fingerprint density at radius 2 is 1.85 bits per heavy atom. The van der Waals surface area contributed by atoms with E-state index in [9.17, 15) is 19.7 Å². The molecule has 182 valence electrons. The van der Waals surface area contributed by atoms with E-state index in [-0.39, 0.29) is 30.6 Å². The van der Waals surface area contributed by atoms with Crippen LogP contribution >= 0.6 is 0 Å². The number of amides is 2. The number of benzene rings is 2. The molecule has 1 aliphatic rings. The average molecular weight is 472 g/mol. The number of carbonyl (C=O) groups excluding carboxylic acids is 2. The van der Waals surface area contributed by atoms with Gasteiger partial charge in [0.05, 0.1) is 29.9 Å². The lowest BCUT2D eigenvalue weighted by Crippen LogP contribution is -2.45. The number of fused-ring (bicyclic) bond motifs is 1. The zero-order valence-electron chi connectivity index (χ0n) is 19.5. The number of ether oxygens (including phenoxy) is 3. The van der Waals surface area contributed by atoms with E-state index in [1.807, 2.05) is 39.0 Å². The summed E-state index contributed by atoms with van der Waals surface area (Å²) in [7, 11) is 0. The summed E-state index contributed by atoms with van der Waals surface area (Å²) in [5.74, 6) is 0.700. The van der Waals surface area contributed by atoms with Crippen LogP contribution in [0.4, 0.5) is 11.4 Å². The minimum Gasteiger partial charge on any atom is -0.490 e. The normalized spacial score (nSPS) is 13.5. The standard InChI is InChI=1S/C24H29N3O7/c1-4-10-32-21-8-6-17(12-22(21)33-11-5-2)16(3)25-23(28)14-26-19-13-18(27(30)31)7-9-20(19)34-15-24(26)29/h6-9,12-13,16H,4-5,10-11,14-15H2,1-3H3,(H,25,28). The number of carbonyl (C=O) groups is 2. The summed E-state index contributed by atoms with van der Waals surface area (Å²) in [6.07, 6.45) is 1.71. The number of anilines is 1. The van der Waals surface area contributed by atoms with Crippen molar-refractivity contribution < 1.29 is 28.7 Å². The first-order chi connectivity index (χ1) is 16.3. The van der Waals surface area contributed by atoms with Gasteiger partial charge in [-0.3, -0.25) is 24.6 Å². The van der Waals surface area contributed by atoms with Gasteiger partial charge in [0.1, 0.15) is 12.3 Å². The number of hydrogen-bond acceptors (Lipinski definition) is 7. The maximum atomic E-state index is 12.8. The van der Waals surface area contributed by atoms with Crippen molar-refractivity contribution in [2.24, 2.45) is 0 Å². The van der Waals surface area contributed by atoms with Crippen molar-refractivity contribution in [1.29, 1.82) is 0 Å². The maximum Gasteiger partial charge on any atom is 0.271 e. The summed E-state index contributed by atoms with van der Waals surface area (Å²) in [6, 6.07) is 9.08. The molecule has 3 rings (SSSR count). The summed E-state index contributed by atoms with van der Waals surface area (Å²) in [4.78, 5) is 37.0. The molecule has 0 aromatic heterocycles. The van der Waals surface area contributed by atoms with Gasteiger partial charge >= 0.3 is 0 Å². The van der Waals surface area contributed by atoms with E-state index < -0.39 is 16.7 Å². The fourth-order valence-electron chi connectivity index (χ4n) is 3.44. The van der Waals surface area contributed by atoms with Gasteiger partial charge in [-0.25, -0.2) is 0 Å². The van der Waals surface area contributed by atoms with Crippen molar-refractivity contribution in [3.05, 3.63) is 52.1 Å². The Morgan fingerprint density at radius 3 is 2.53 bits per heavy atom. The van der Waals surface area contributed by atoms with Gasteiger partial charge in [0.25, 0.3) is 11.6 Å². The Kier molecular flexibility index (Phi) is 8.29. The number of non-ortho nitro benzene ring substituents is 1. The van der Waals surface area contributed by atoms with Crippen LogP contribution in [-0.2, 0) is 9.59 Å². The van der Waals surface area contributed by atoms with Crippen molar-refractivity contribution in [3.63, 3.8) is 0 Å². The first-order valence-corrected chi connectivity index (χ1v) is 11.2. The first-order valence-electron chi connectivity index (χ1n) is 11.2. The van der Waals surface area contributed by atoms with Crippen molar-refractivity contribution >= 4 is 23.2 Å². The monoisotopic (exact) mass is 471 g/mol. The lowest BCUT2D eigenvalue weighted by molar-refractivity contribution is -0.384. The lowest BCUT2D eigenvalue weighted by atomic mass is 10.1. The molecule has 0 fully saturated rings. The molecule has 1 aliphatic heterocycles. The minimum absolute atomic E-state index is 0.194. The lowest BCUT2D eigenvalue weighted by Gasteiger charge is -2.29. The van der Waals surface area contributed by atoms with Gasteiger partial charge in [0, 0.05) is 12.1 Å². The van der Waals surface area contributed by atoms with Gasteiger partial charge in [-0.05, 0) is 43.5 Å². The number of nitro benzene ring substituents is 1. The third-order valence-corrected chi connectivity index (χ3v) is 5.17. The molecule has 0 aliphatic carbocycles. The minimum atomic E-state index is -0.564. The summed E-state index contributed by atoms with van der Waals surface area (Å²) in [6.45, 7) is 6.43. The maximum absolute atomic E-state index is 12.8. The van der Waals surface area contributed by atoms with E-state index in [0.29, 0.717) is 30.5 Å². The number of rotatable bonds is 11. The van der Waals surface area contributed by atoms with Crippen LogP contribution in [0, 0.1) is 10.1 Å². The Morgan fingerprint density at radius 1 is 1.15 bits per heavy atom. The number of nitrogens with one attached hydrogen (secondary N) is 1. The highest BCUT2D eigenvalue weighted by Crippen LogP contribution is 2.35. The van der Waals surface area contributed by atoms with E-state index >= 15 is 0 Å². The van der Waals surface area contributed by atoms with Gasteiger partial charge in [-0.2, -0.15) is 0 Å². The highest BCUT2D eigenvalue weighted by molar-refractivity contribution is 6.02. The van der Waals surface area contributed by atoms with Crippen LogP contribution in [0.1, 0.15) is 45.2 Å². The van der Waals surface area contributed by atoms with E-state index in [0.717, 1.165) is 18.4 Å². The van der Waals surface area contributed by atoms with E-state index in [4.69, 9.17) is 14.2 Å². The molecule has 34 heavy (non-hydrogen) atoms. The molecule has 0 saturated heterocycles. The van der Waals surface area contributed by atoms with Crippen molar-refractivity contribution in [1.82, 2.24) is 5.32 Å². The highest BCUT2D eigenvalue weighted by atomic mass is 16.6. The Bertz CT molecular complexity index is 1060. The quantitative estimate of drug-likeness (QED) is 0.391. The van der Waals surface area contributed by atoms with Gasteiger partial charge in [0.15, 0.2) is 18.1 Å². The zero-order valence-corrected chi connectivity index (χ0v) is 19.5. The molecule has 0 radical (unpaired) electrons. The van der Waals surface area contributed by atoms with Gasteiger partial charge in [0.2, 0.25) is 5.91 Å². The second-order valence-electron chi connectivity index (χ2n) is 7.87. The first kappa shape index (κ1) is 24.8. The summed E-state index contributed by atoms with van der Waals surface area (Å²) >= 11 is 0. The highest BCUT2D eigenvalue weighted by Gasteiger charge is 2.29. The number of nitro groups is 1. The molecule has 2 aromatic carbocycles. The average Bonchev–Trinajstić information content (AvgIpc) is 2.82. The van der Waals surface area contributed by atoms with Gasteiger partial charge in [-0.15, -0.1) is 0 Å². The fourth-order valence-corrected chi connectivity index (χ4v) is 3.44. The SMILES string of the molecule is CCCOc1ccc(C(C)NC(=O)CN2C(=O)COc3ccc([N+](=O)[O-])cc32)cc1OCCC. The summed E-state index contributed by atoms with van der Waals surface area (Å²) in [5, 5.41) is 14.0. The van der Waals surface area contributed by atoms with E-state index in [1.54, 1.807) is 0 Å². The largest absolute Gasteiger partial charge is 0.490 e. The zero-order chi connectivity index (χ0) is 24.7. The molecule has 10 nitrogen and oxygen atoms in total. The topological polar surface area (TPSA) is 120 Å². The molecule has 10 heteroatoms. The second-order valence-corrected chi connectivity index (χ2v) is 7.87. The molecule has 0 spiro atoms. The molecular formula is C24H29N3O7. The van der Waals surface area contributed by atoms with Crippen LogP contribution in [-0.4, -0.2) is 43.1 Å². The van der Waals surface area contributed by atoms with Crippen molar-refractivity contribution in [3.8, 4) is 17.2 Å². The predicted molar refractivity (Wildman–Crippen MR) is 126 cm³/mol. The summed E-state index contributed by atoms with van der Waals surface area (Å²) in [5.41, 5.74) is 0.814. The predicted octanol–water partition coefficient (Wildman–Crippen LogP) is 3.78. The number of nitrogens with zero attached hydrogens (tertiary/aromatic N) is 2. The van der Waals surface area contributed by atoms with Crippen LogP contribution in [0.2, 0.25) is 0 Å². The van der Waals surface area contributed by atoms with Crippen LogP contribution in [0.25, 0.3) is 0 Å². The molecule has 1 heterocycles. The summed E-state index contributed by atoms with van der Waals surface area (Å²) < 4.78 is 16.9. The van der Waals surface area contributed by atoms with Crippen molar-refractivity contribution in [2.45, 2.75) is 39.7 Å². The Labute approximate surface area is 197 Å². The fraction of sp³-hybridized carbons (Fsp3) is 0.417. The van der Waals surface area contributed by atoms with E-state index in [1.165, 1.54) is 23.1 Å². The molecule has 2 amide bonds. The van der Waals surface area contributed by atoms with Crippen LogP contribution in [0.15, 0.2) is 36.4 Å².